The third-order valence-corrected chi connectivity index (χ3v) is 8.07. The lowest BCUT2D eigenvalue weighted by Crippen LogP contribution is -2.38. The van der Waals surface area contributed by atoms with Crippen molar-refractivity contribution in [2.24, 2.45) is 0 Å². The van der Waals surface area contributed by atoms with Crippen molar-refractivity contribution < 1.29 is 18.0 Å². The molecule has 2 amide bonds. The molecule has 0 saturated heterocycles. The molecule has 0 heterocycles. The SMILES string of the molecule is Cc1ccc(S(=O)(=O)N(CC(=O)Nc2ccccc2C(=O)NCc2ccccc2)c2ccc(Br)cc2)cc1. The molecular formula is C29H26BrN3O4S. The van der Waals surface area contributed by atoms with E-state index >= 15 is 0 Å². The Kier molecular flexibility index (Phi) is 8.60. The van der Waals surface area contributed by atoms with Crippen LogP contribution in [-0.4, -0.2) is 26.8 Å². The maximum Gasteiger partial charge on any atom is 0.264 e. The number of para-hydroxylation sites is 1. The van der Waals surface area contributed by atoms with E-state index in [1.54, 1.807) is 60.7 Å². The Morgan fingerprint density at radius 1 is 0.816 bits per heavy atom. The third-order valence-electron chi connectivity index (χ3n) is 5.75. The lowest BCUT2D eigenvalue weighted by atomic mass is 10.1. The van der Waals surface area contributed by atoms with Gasteiger partial charge in [-0.25, -0.2) is 8.42 Å². The molecule has 0 radical (unpaired) electrons. The Labute approximate surface area is 230 Å². The summed E-state index contributed by atoms with van der Waals surface area (Å²) in [6.07, 6.45) is 0. The molecule has 4 rings (SSSR count). The molecule has 2 N–H and O–H groups in total. The molecule has 0 bridgehead atoms. The maximum absolute atomic E-state index is 13.6. The summed E-state index contributed by atoms with van der Waals surface area (Å²) >= 11 is 3.36. The van der Waals surface area contributed by atoms with Gasteiger partial charge in [-0.15, -0.1) is 0 Å². The molecule has 4 aromatic rings. The van der Waals surface area contributed by atoms with E-state index in [0.29, 0.717) is 12.2 Å². The minimum absolute atomic E-state index is 0.0690. The highest BCUT2D eigenvalue weighted by atomic mass is 79.9. The van der Waals surface area contributed by atoms with Gasteiger partial charge in [0.1, 0.15) is 6.54 Å². The van der Waals surface area contributed by atoms with Crippen LogP contribution in [0.25, 0.3) is 0 Å². The molecule has 0 fully saturated rings. The van der Waals surface area contributed by atoms with Crippen LogP contribution in [0.5, 0.6) is 0 Å². The number of carbonyl (C=O) groups is 2. The molecule has 0 unspecified atom stereocenters. The Morgan fingerprint density at radius 3 is 2.13 bits per heavy atom. The largest absolute Gasteiger partial charge is 0.348 e. The summed E-state index contributed by atoms with van der Waals surface area (Å²) in [6.45, 7) is 1.70. The van der Waals surface area contributed by atoms with Crippen LogP contribution in [0.15, 0.2) is 112 Å². The zero-order chi connectivity index (χ0) is 27.1. The van der Waals surface area contributed by atoms with Gasteiger partial charge in [0.25, 0.3) is 15.9 Å². The summed E-state index contributed by atoms with van der Waals surface area (Å²) < 4.78 is 29.0. The molecule has 0 saturated carbocycles. The predicted octanol–water partition coefficient (Wildman–Crippen LogP) is 5.52. The number of rotatable bonds is 9. The highest BCUT2D eigenvalue weighted by molar-refractivity contribution is 9.10. The number of halogens is 1. The van der Waals surface area contributed by atoms with Crippen LogP contribution >= 0.6 is 15.9 Å². The average molecular weight is 593 g/mol. The number of aryl methyl sites for hydroxylation is 1. The van der Waals surface area contributed by atoms with Crippen LogP contribution < -0.4 is 14.9 Å². The van der Waals surface area contributed by atoms with Gasteiger partial charge >= 0.3 is 0 Å². The van der Waals surface area contributed by atoms with E-state index in [1.165, 1.54) is 12.1 Å². The van der Waals surface area contributed by atoms with Crippen LogP contribution in [0.2, 0.25) is 0 Å². The molecule has 4 aromatic carbocycles. The zero-order valence-electron chi connectivity index (χ0n) is 20.6. The first-order valence-electron chi connectivity index (χ1n) is 11.8. The van der Waals surface area contributed by atoms with Crippen molar-refractivity contribution in [1.29, 1.82) is 0 Å². The fourth-order valence-corrected chi connectivity index (χ4v) is 5.43. The highest BCUT2D eigenvalue weighted by Crippen LogP contribution is 2.26. The van der Waals surface area contributed by atoms with Crippen LogP contribution in [-0.2, 0) is 21.4 Å². The van der Waals surface area contributed by atoms with E-state index in [9.17, 15) is 18.0 Å². The summed E-state index contributed by atoms with van der Waals surface area (Å²) in [5.74, 6) is -0.950. The van der Waals surface area contributed by atoms with Crippen molar-refractivity contribution in [3.63, 3.8) is 0 Å². The molecule has 0 atom stereocenters. The van der Waals surface area contributed by atoms with Crippen LogP contribution in [0.4, 0.5) is 11.4 Å². The number of anilines is 2. The lowest BCUT2D eigenvalue weighted by molar-refractivity contribution is -0.114. The summed E-state index contributed by atoms with van der Waals surface area (Å²) in [5.41, 5.74) is 2.74. The number of carbonyl (C=O) groups excluding carboxylic acids is 2. The van der Waals surface area contributed by atoms with Gasteiger partial charge in [-0.2, -0.15) is 0 Å². The van der Waals surface area contributed by atoms with E-state index < -0.39 is 22.5 Å². The van der Waals surface area contributed by atoms with Crippen LogP contribution in [0.3, 0.4) is 0 Å². The second-order valence-corrected chi connectivity index (χ2v) is 11.3. The number of hydrogen-bond donors (Lipinski definition) is 2. The van der Waals surface area contributed by atoms with Crippen molar-refractivity contribution in [1.82, 2.24) is 5.32 Å². The third kappa shape index (κ3) is 6.67. The van der Waals surface area contributed by atoms with Gasteiger partial charge in [0, 0.05) is 11.0 Å². The van der Waals surface area contributed by atoms with Crippen molar-refractivity contribution in [3.8, 4) is 0 Å². The van der Waals surface area contributed by atoms with Gasteiger partial charge < -0.3 is 10.6 Å². The molecule has 7 nitrogen and oxygen atoms in total. The molecule has 194 valence electrons. The quantitative estimate of drug-likeness (QED) is 0.268. The number of hydrogen-bond acceptors (Lipinski definition) is 4. The van der Waals surface area contributed by atoms with Gasteiger partial charge in [0.2, 0.25) is 5.91 Å². The van der Waals surface area contributed by atoms with E-state index in [4.69, 9.17) is 0 Å². The summed E-state index contributed by atoms with van der Waals surface area (Å²) in [5, 5.41) is 5.57. The van der Waals surface area contributed by atoms with Crippen molar-refractivity contribution in [2.45, 2.75) is 18.4 Å². The van der Waals surface area contributed by atoms with Gasteiger partial charge in [0.05, 0.1) is 21.8 Å². The summed E-state index contributed by atoms with van der Waals surface area (Å²) in [7, 11) is -4.06. The monoisotopic (exact) mass is 591 g/mol. The number of nitrogens with one attached hydrogen (secondary N) is 2. The molecule has 0 aromatic heterocycles. The Morgan fingerprint density at radius 2 is 1.45 bits per heavy atom. The topological polar surface area (TPSA) is 95.6 Å². The zero-order valence-corrected chi connectivity index (χ0v) is 23.0. The van der Waals surface area contributed by atoms with Gasteiger partial charge in [-0.1, -0.05) is 76.1 Å². The first kappa shape index (κ1) is 27.1. The van der Waals surface area contributed by atoms with Crippen LogP contribution in [0.1, 0.15) is 21.5 Å². The van der Waals surface area contributed by atoms with Crippen molar-refractivity contribution >= 4 is 49.1 Å². The summed E-state index contributed by atoms with van der Waals surface area (Å²) in [6, 6.07) is 29.2. The second-order valence-electron chi connectivity index (χ2n) is 8.56. The smallest absolute Gasteiger partial charge is 0.264 e. The minimum Gasteiger partial charge on any atom is -0.348 e. The van der Waals surface area contributed by atoms with E-state index in [0.717, 1.165) is 19.9 Å². The van der Waals surface area contributed by atoms with Crippen molar-refractivity contribution in [3.05, 3.63) is 124 Å². The maximum atomic E-state index is 13.6. The first-order valence-corrected chi connectivity index (χ1v) is 14.0. The Hall–Kier alpha value is -3.95. The molecule has 0 aliphatic heterocycles. The number of amides is 2. The Bertz CT molecular complexity index is 1520. The Balaban J connectivity index is 1.56. The van der Waals surface area contributed by atoms with Gasteiger partial charge in [-0.3, -0.25) is 13.9 Å². The van der Waals surface area contributed by atoms with Gasteiger partial charge in [-0.05, 0) is 61.0 Å². The number of nitrogens with zero attached hydrogens (tertiary/aromatic N) is 1. The fraction of sp³-hybridized carbons (Fsp3) is 0.103. The lowest BCUT2D eigenvalue weighted by Gasteiger charge is -2.24. The highest BCUT2D eigenvalue weighted by Gasteiger charge is 2.27. The normalized spacial score (nSPS) is 11.0. The van der Waals surface area contributed by atoms with E-state index in [-0.39, 0.29) is 22.1 Å². The first-order chi connectivity index (χ1) is 18.2. The van der Waals surface area contributed by atoms with Gasteiger partial charge in [0.15, 0.2) is 0 Å². The molecule has 0 aliphatic carbocycles. The van der Waals surface area contributed by atoms with E-state index in [1.807, 2.05) is 37.3 Å². The number of sulfonamides is 1. The summed E-state index contributed by atoms with van der Waals surface area (Å²) in [4.78, 5) is 26.2. The van der Waals surface area contributed by atoms with E-state index in [2.05, 4.69) is 26.6 Å². The predicted molar refractivity (Wildman–Crippen MR) is 153 cm³/mol. The minimum atomic E-state index is -4.06. The second kappa shape index (κ2) is 12.1. The molecule has 9 heteroatoms. The molecule has 0 spiro atoms. The molecule has 0 aliphatic rings. The van der Waals surface area contributed by atoms with Crippen LogP contribution in [0, 0.1) is 6.92 Å². The molecular weight excluding hydrogens is 566 g/mol. The standard InChI is InChI=1S/C29H26BrN3O4S/c1-21-11-17-25(18-12-21)38(36,37)33(24-15-13-23(30)14-16-24)20-28(34)32-27-10-6-5-9-26(27)29(35)31-19-22-7-3-2-4-8-22/h2-18H,19-20H2,1H3,(H,31,35)(H,32,34). The average Bonchev–Trinajstić information content (AvgIpc) is 2.92. The van der Waals surface area contributed by atoms with Crippen molar-refractivity contribution in [2.75, 3.05) is 16.2 Å². The number of benzene rings is 4. The molecule has 38 heavy (non-hydrogen) atoms. The fourth-order valence-electron chi connectivity index (χ4n) is 3.74.